The maximum absolute atomic E-state index is 13.2. The molecule has 0 aliphatic carbocycles. The van der Waals surface area contributed by atoms with E-state index in [0.29, 0.717) is 24.3 Å². The van der Waals surface area contributed by atoms with Gasteiger partial charge in [-0.3, -0.25) is 9.78 Å². The number of carboxylic acid groups (broad SMARTS) is 1. The number of amides is 1. The molecule has 0 radical (unpaired) electrons. The minimum Gasteiger partial charge on any atom is -0.479 e. The first kappa shape index (κ1) is 24.6. The van der Waals surface area contributed by atoms with Crippen molar-refractivity contribution in [3.05, 3.63) is 87.7 Å². The van der Waals surface area contributed by atoms with E-state index < -0.39 is 17.7 Å². The molecule has 182 valence electrons. The third-order valence-electron chi connectivity index (χ3n) is 6.49. The van der Waals surface area contributed by atoms with E-state index in [0.717, 1.165) is 38.9 Å². The van der Waals surface area contributed by atoms with E-state index in [1.165, 1.54) is 0 Å². The Hall–Kier alpha value is -3.51. The number of fused-ring (bicyclic) bond motifs is 1. The predicted octanol–water partition coefficient (Wildman–Crippen LogP) is 5.77. The molecule has 0 saturated heterocycles. The number of aryl methyl sites for hydroxylation is 1. The minimum absolute atomic E-state index is 0.139. The Kier molecular flexibility index (Phi) is 6.52. The number of carbonyl (C=O) groups excluding carboxylic acids is 1. The Balaban J connectivity index is 1.90. The Bertz CT molecular complexity index is 1280. The molecule has 6 nitrogen and oxygen atoms in total. The van der Waals surface area contributed by atoms with E-state index in [9.17, 15) is 14.7 Å². The lowest BCUT2D eigenvalue weighted by molar-refractivity contribution is -0.160. The van der Waals surface area contributed by atoms with Crippen molar-refractivity contribution in [2.24, 2.45) is 0 Å². The first-order chi connectivity index (χ1) is 16.5. The van der Waals surface area contributed by atoms with Gasteiger partial charge in [-0.15, -0.1) is 0 Å². The van der Waals surface area contributed by atoms with Gasteiger partial charge >= 0.3 is 5.97 Å². The number of ether oxygens (including phenoxy) is 1. The van der Waals surface area contributed by atoms with Crippen LogP contribution < -0.4 is 0 Å². The van der Waals surface area contributed by atoms with Crippen LogP contribution >= 0.6 is 0 Å². The molecule has 35 heavy (non-hydrogen) atoms. The number of aromatic nitrogens is 1. The molecule has 1 aliphatic rings. The summed E-state index contributed by atoms with van der Waals surface area (Å²) in [5, 5.41) is 10.3. The zero-order chi connectivity index (χ0) is 25.5. The van der Waals surface area contributed by atoms with Crippen LogP contribution in [0.15, 0.2) is 48.7 Å². The summed E-state index contributed by atoms with van der Waals surface area (Å²) in [5.74, 6) is -1.17. The molecule has 0 unspecified atom stereocenters. The van der Waals surface area contributed by atoms with Gasteiger partial charge < -0.3 is 14.7 Å². The number of carbonyl (C=O) groups is 2. The van der Waals surface area contributed by atoms with Crippen molar-refractivity contribution in [2.45, 2.75) is 66.3 Å². The monoisotopic (exact) mass is 472 g/mol. The van der Waals surface area contributed by atoms with Gasteiger partial charge in [0, 0.05) is 24.8 Å². The van der Waals surface area contributed by atoms with Gasteiger partial charge in [0.15, 0.2) is 6.10 Å². The minimum atomic E-state index is -1.14. The zero-order valence-electron chi connectivity index (χ0n) is 21.2. The van der Waals surface area contributed by atoms with E-state index in [1.54, 1.807) is 29.3 Å². The molecule has 2 heterocycles. The van der Waals surface area contributed by atoms with Crippen molar-refractivity contribution < 1.29 is 19.4 Å². The summed E-state index contributed by atoms with van der Waals surface area (Å²) in [7, 11) is 0. The van der Waals surface area contributed by atoms with E-state index in [-0.39, 0.29) is 5.91 Å². The van der Waals surface area contributed by atoms with E-state index in [2.05, 4.69) is 4.98 Å². The third-order valence-corrected chi connectivity index (χ3v) is 6.49. The molecule has 1 atom stereocenters. The highest BCUT2D eigenvalue weighted by molar-refractivity contribution is 5.93. The van der Waals surface area contributed by atoms with Crippen LogP contribution in [0.5, 0.6) is 0 Å². The van der Waals surface area contributed by atoms with Crippen LogP contribution in [0.3, 0.4) is 0 Å². The van der Waals surface area contributed by atoms with Crippen LogP contribution in [0, 0.1) is 20.8 Å². The largest absolute Gasteiger partial charge is 0.479 e. The van der Waals surface area contributed by atoms with Gasteiger partial charge in [-0.05, 0) is 87.1 Å². The van der Waals surface area contributed by atoms with Crippen molar-refractivity contribution in [2.75, 3.05) is 0 Å². The van der Waals surface area contributed by atoms with Gasteiger partial charge in [-0.25, -0.2) is 4.79 Å². The number of nitrogens with zero attached hydrogens (tertiary/aromatic N) is 2. The van der Waals surface area contributed by atoms with E-state index in [4.69, 9.17) is 4.74 Å². The first-order valence-electron chi connectivity index (χ1n) is 11.8. The lowest BCUT2D eigenvalue weighted by Gasteiger charge is -2.29. The Morgan fingerprint density at radius 3 is 2.14 bits per heavy atom. The third kappa shape index (κ3) is 4.84. The highest BCUT2D eigenvalue weighted by Gasteiger charge is 2.36. The second-order valence-electron chi connectivity index (χ2n) is 10.2. The summed E-state index contributed by atoms with van der Waals surface area (Å²) >= 11 is 0. The summed E-state index contributed by atoms with van der Waals surface area (Å²) in [6.45, 7) is 12.4. The normalized spacial score (nSPS) is 14.1. The number of pyridine rings is 1. The summed E-state index contributed by atoms with van der Waals surface area (Å²) in [6.07, 6.45) is 0.470. The maximum atomic E-state index is 13.2. The molecule has 0 spiro atoms. The number of hydrogen-bond donors (Lipinski definition) is 1. The van der Waals surface area contributed by atoms with Gasteiger partial charge in [-0.1, -0.05) is 35.9 Å². The molecule has 1 aliphatic heterocycles. The van der Waals surface area contributed by atoms with Crippen molar-refractivity contribution in [1.82, 2.24) is 9.88 Å². The first-order valence-corrected chi connectivity index (χ1v) is 11.8. The van der Waals surface area contributed by atoms with Crippen LogP contribution in [0.25, 0.3) is 11.1 Å². The fourth-order valence-corrected chi connectivity index (χ4v) is 4.82. The summed E-state index contributed by atoms with van der Waals surface area (Å²) in [4.78, 5) is 31.7. The quantitative estimate of drug-likeness (QED) is 0.510. The zero-order valence-corrected chi connectivity index (χ0v) is 21.2. The van der Waals surface area contributed by atoms with Crippen LogP contribution in [-0.2, 0) is 22.6 Å². The molecule has 6 heteroatoms. The maximum Gasteiger partial charge on any atom is 0.337 e. The van der Waals surface area contributed by atoms with Crippen molar-refractivity contribution in [1.29, 1.82) is 0 Å². The lowest BCUT2D eigenvalue weighted by Crippen LogP contribution is -2.28. The Morgan fingerprint density at radius 1 is 0.971 bits per heavy atom. The summed E-state index contributed by atoms with van der Waals surface area (Å²) in [6, 6.07) is 13.4. The van der Waals surface area contributed by atoms with Gasteiger partial charge in [-0.2, -0.15) is 0 Å². The molecular weight excluding hydrogens is 440 g/mol. The molecule has 4 rings (SSSR count). The van der Waals surface area contributed by atoms with Crippen molar-refractivity contribution >= 4 is 11.9 Å². The topological polar surface area (TPSA) is 79.7 Å². The molecule has 3 aromatic rings. The Labute approximate surface area is 206 Å². The van der Waals surface area contributed by atoms with Crippen molar-refractivity contribution in [3.63, 3.8) is 0 Å². The Morgan fingerprint density at radius 2 is 1.60 bits per heavy atom. The van der Waals surface area contributed by atoms with Crippen LogP contribution in [0.4, 0.5) is 0 Å². The lowest BCUT2D eigenvalue weighted by atomic mass is 9.83. The number of aliphatic carboxylic acids is 1. The standard InChI is InChI=1S/C29H32N2O4/c1-17-10-12-20(13-11-17)24-18(2)21-15-31(27(32)23-9-7-8-14-30-23)16-22(21)19(3)25(24)26(28(33)34)35-29(4,5)6/h7-14,26H,15-16H2,1-6H3,(H,33,34)/t26-/m0/s1. The van der Waals surface area contributed by atoms with Crippen molar-refractivity contribution in [3.8, 4) is 11.1 Å². The van der Waals surface area contributed by atoms with E-state index in [1.807, 2.05) is 65.8 Å². The smallest absolute Gasteiger partial charge is 0.337 e. The van der Waals surface area contributed by atoms with Crippen LogP contribution in [-0.4, -0.2) is 32.5 Å². The fourth-order valence-electron chi connectivity index (χ4n) is 4.82. The highest BCUT2D eigenvalue weighted by atomic mass is 16.5. The average molecular weight is 473 g/mol. The van der Waals surface area contributed by atoms with Crippen LogP contribution in [0.1, 0.15) is 70.7 Å². The molecule has 2 aromatic carbocycles. The van der Waals surface area contributed by atoms with Gasteiger partial charge in [0.25, 0.3) is 5.91 Å². The molecule has 0 bridgehead atoms. The fraction of sp³-hybridized carbons (Fsp3) is 0.345. The number of hydrogen-bond acceptors (Lipinski definition) is 4. The van der Waals surface area contributed by atoms with Gasteiger partial charge in [0.05, 0.1) is 5.60 Å². The number of rotatable bonds is 5. The number of benzene rings is 2. The van der Waals surface area contributed by atoms with Crippen LogP contribution in [0.2, 0.25) is 0 Å². The second-order valence-corrected chi connectivity index (χ2v) is 10.2. The molecule has 0 saturated carbocycles. The number of carboxylic acids is 1. The molecule has 0 fully saturated rings. The molecule has 1 amide bonds. The predicted molar refractivity (Wildman–Crippen MR) is 135 cm³/mol. The van der Waals surface area contributed by atoms with E-state index >= 15 is 0 Å². The highest BCUT2D eigenvalue weighted by Crippen LogP contribution is 2.43. The SMILES string of the molecule is Cc1ccc(-c2c(C)c3c(c(C)c2[C@H](OC(C)(C)C)C(=O)O)CN(C(=O)c2ccccn2)C3)cc1. The summed E-state index contributed by atoms with van der Waals surface area (Å²) < 4.78 is 6.12. The molecule has 1 aromatic heterocycles. The average Bonchev–Trinajstić information content (AvgIpc) is 3.26. The second kappa shape index (κ2) is 9.27. The molecule has 1 N–H and O–H groups in total. The van der Waals surface area contributed by atoms with Gasteiger partial charge in [0.2, 0.25) is 0 Å². The molecular formula is C29H32N2O4. The summed E-state index contributed by atoms with van der Waals surface area (Å²) in [5.41, 5.74) is 7.20. The van der Waals surface area contributed by atoms with Gasteiger partial charge in [0.1, 0.15) is 5.69 Å².